The van der Waals surface area contributed by atoms with Gasteiger partial charge in [-0.25, -0.2) is 0 Å². The number of nitrogens with two attached hydrogens (primary N) is 1. The SMILES string of the molecule is CSc1c[nH]c2ccc3c(c12)CCC(C(C)CCN)C3. The number of hydrogen-bond donors (Lipinski definition) is 2. The van der Waals surface area contributed by atoms with Gasteiger partial charge in [-0.05, 0) is 67.5 Å². The fourth-order valence-corrected chi connectivity index (χ4v) is 4.26. The third-order valence-electron chi connectivity index (χ3n) is 4.91. The van der Waals surface area contributed by atoms with E-state index >= 15 is 0 Å². The Balaban J connectivity index is 1.95. The van der Waals surface area contributed by atoms with Crippen molar-refractivity contribution >= 4 is 22.7 Å². The molecule has 0 saturated heterocycles. The molecule has 3 N–H and O–H groups in total. The molecule has 1 aromatic heterocycles. The van der Waals surface area contributed by atoms with Crippen molar-refractivity contribution in [1.29, 1.82) is 0 Å². The van der Waals surface area contributed by atoms with E-state index in [0.717, 1.165) is 24.8 Å². The minimum absolute atomic E-state index is 0.745. The van der Waals surface area contributed by atoms with Crippen molar-refractivity contribution in [3.8, 4) is 0 Å². The molecule has 20 heavy (non-hydrogen) atoms. The van der Waals surface area contributed by atoms with Crippen LogP contribution in [0.3, 0.4) is 0 Å². The van der Waals surface area contributed by atoms with Gasteiger partial charge in [0.1, 0.15) is 0 Å². The Labute approximate surface area is 125 Å². The Kier molecular flexibility index (Phi) is 4.08. The summed E-state index contributed by atoms with van der Waals surface area (Å²) in [6, 6.07) is 4.59. The van der Waals surface area contributed by atoms with Gasteiger partial charge in [0.05, 0.1) is 0 Å². The minimum Gasteiger partial charge on any atom is -0.360 e. The van der Waals surface area contributed by atoms with Gasteiger partial charge in [0.15, 0.2) is 0 Å². The van der Waals surface area contributed by atoms with Gasteiger partial charge in [-0.1, -0.05) is 13.0 Å². The number of aromatic amines is 1. The molecule has 2 nitrogen and oxygen atoms in total. The number of fused-ring (bicyclic) bond motifs is 3. The summed E-state index contributed by atoms with van der Waals surface area (Å²) >= 11 is 1.85. The van der Waals surface area contributed by atoms with Gasteiger partial charge in [0, 0.05) is 22.0 Å². The summed E-state index contributed by atoms with van der Waals surface area (Å²) in [5.41, 5.74) is 10.2. The van der Waals surface area contributed by atoms with Gasteiger partial charge in [-0.3, -0.25) is 0 Å². The summed E-state index contributed by atoms with van der Waals surface area (Å²) in [4.78, 5) is 4.80. The highest BCUT2D eigenvalue weighted by Crippen LogP contribution is 2.38. The lowest BCUT2D eigenvalue weighted by Gasteiger charge is -2.30. The smallest absolute Gasteiger partial charge is 0.0468 e. The Morgan fingerprint density at radius 2 is 2.30 bits per heavy atom. The fraction of sp³-hybridized carbons (Fsp3) is 0.529. The minimum atomic E-state index is 0.745. The van der Waals surface area contributed by atoms with Gasteiger partial charge < -0.3 is 10.7 Å². The van der Waals surface area contributed by atoms with Crippen molar-refractivity contribution in [2.45, 2.75) is 37.5 Å². The van der Waals surface area contributed by atoms with Crippen LogP contribution in [0.4, 0.5) is 0 Å². The van der Waals surface area contributed by atoms with Crippen molar-refractivity contribution in [2.24, 2.45) is 17.6 Å². The van der Waals surface area contributed by atoms with Crippen molar-refractivity contribution in [3.05, 3.63) is 29.5 Å². The molecule has 1 aliphatic carbocycles. The first-order valence-electron chi connectivity index (χ1n) is 7.60. The zero-order valence-corrected chi connectivity index (χ0v) is 13.2. The Bertz CT molecular complexity index is 602. The summed E-state index contributed by atoms with van der Waals surface area (Å²) in [6.07, 6.45) is 9.23. The zero-order chi connectivity index (χ0) is 14.1. The predicted molar refractivity (Wildman–Crippen MR) is 88.4 cm³/mol. The number of rotatable bonds is 4. The van der Waals surface area contributed by atoms with Gasteiger partial charge in [0.25, 0.3) is 0 Å². The lowest BCUT2D eigenvalue weighted by molar-refractivity contribution is 0.308. The molecule has 3 rings (SSSR count). The highest BCUT2D eigenvalue weighted by molar-refractivity contribution is 7.98. The molecule has 0 spiro atoms. The van der Waals surface area contributed by atoms with E-state index in [4.69, 9.17) is 5.73 Å². The molecule has 108 valence electrons. The average Bonchev–Trinajstić information content (AvgIpc) is 2.90. The quantitative estimate of drug-likeness (QED) is 0.836. The van der Waals surface area contributed by atoms with Crippen LogP contribution in [0.2, 0.25) is 0 Å². The Morgan fingerprint density at radius 3 is 3.05 bits per heavy atom. The van der Waals surface area contributed by atoms with Crippen molar-refractivity contribution in [3.63, 3.8) is 0 Å². The van der Waals surface area contributed by atoms with Gasteiger partial charge in [-0.15, -0.1) is 11.8 Å². The number of aromatic nitrogens is 1. The molecular formula is C17H24N2S. The van der Waals surface area contributed by atoms with Gasteiger partial charge in [0.2, 0.25) is 0 Å². The summed E-state index contributed by atoms with van der Waals surface area (Å²) in [5, 5.41) is 1.47. The second-order valence-corrected chi connectivity index (χ2v) is 6.89. The van der Waals surface area contributed by atoms with E-state index in [-0.39, 0.29) is 0 Å². The maximum atomic E-state index is 5.72. The van der Waals surface area contributed by atoms with Crippen LogP contribution in [0.1, 0.15) is 30.9 Å². The van der Waals surface area contributed by atoms with Crippen LogP contribution >= 0.6 is 11.8 Å². The highest BCUT2D eigenvalue weighted by Gasteiger charge is 2.25. The van der Waals surface area contributed by atoms with Gasteiger partial charge in [-0.2, -0.15) is 0 Å². The second-order valence-electron chi connectivity index (χ2n) is 6.04. The number of thioether (sulfide) groups is 1. The molecule has 1 aromatic carbocycles. The molecule has 0 radical (unpaired) electrons. The molecule has 2 atom stereocenters. The predicted octanol–water partition coefficient (Wildman–Crippen LogP) is 3.98. The molecule has 0 amide bonds. The van der Waals surface area contributed by atoms with Crippen LogP contribution in [-0.4, -0.2) is 17.8 Å². The first-order valence-corrected chi connectivity index (χ1v) is 8.83. The van der Waals surface area contributed by atoms with E-state index in [2.05, 4.69) is 36.5 Å². The molecule has 3 heteroatoms. The molecule has 0 saturated carbocycles. The number of H-pyrrole nitrogens is 1. The maximum absolute atomic E-state index is 5.72. The third-order valence-corrected chi connectivity index (χ3v) is 5.67. The first kappa shape index (κ1) is 14.0. The van der Waals surface area contributed by atoms with Crippen LogP contribution in [0, 0.1) is 11.8 Å². The third kappa shape index (κ3) is 2.38. The standard InChI is InChI=1S/C17H24N2S/c1-11(7-8-18)12-3-5-14-13(9-12)4-6-15-17(14)16(20-2)10-19-15/h4,6,10-12,19H,3,5,7-9,18H2,1-2H3. The largest absolute Gasteiger partial charge is 0.360 e. The molecular weight excluding hydrogens is 264 g/mol. The lowest BCUT2D eigenvalue weighted by Crippen LogP contribution is -2.22. The summed E-state index contributed by atoms with van der Waals surface area (Å²) in [5.74, 6) is 1.55. The molecule has 0 fully saturated rings. The maximum Gasteiger partial charge on any atom is 0.0468 e. The first-order chi connectivity index (χ1) is 9.74. The summed E-state index contributed by atoms with van der Waals surface area (Å²) < 4.78 is 0. The van der Waals surface area contributed by atoms with Crippen LogP contribution in [0.25, 0.3) is 10.9 Å². The van der Waals surface area contributed by atoms with Crippen molar-refractivity contribution in [1.82, 2.24) is 4.98 Å². The fourth-order valence-electron chi connectivity index (χ4n) is 3.64. The van der Waals surface area contributed by atoms with E-state index < -0.39 is 0 Å². The van der Waals surface area contributed by atoms with Gasteiger partial charge >= 0.3 is 0 Å². The highest BCUT2D eigenvalue weighted by atomic mass is 32.2. The van der Waals surface area contributed by atoms with E-state index in [9.17, 15) is 0 Å². The van der Waals surface area contributed by atoms with Crippen molar-refractivity contribution < 1.29 is 0 Å². The van der Waals surface area contributed by atoms with Crippen LogP contribution in [0.5, 0.6) is 0 Å². The summed E-state index contributed by atoms with van der Waals surface area (Å²) in [6.45, 7) is 3.18. The number of benzene rings is 1. The molecule has 0 aliphatic heterocycles. The molecule has 2 unspecified atom stereocenters. The molecule has 1 heterocycles. The zero-order valence-electron chi connectivity index (χ0n) is 12.4. The average molecular weight is 288 g/mol. The number of nitrogens with one attached hydrogen (secondary N) is 1. The van der Waals surface area contributed by atoms with Crippen LogP contribution in [0.15, 0.2) is 23.2 Å². The molecule has 0 bridgehead atoms. The lowest BCUT2D eigenvalue weighted by atomic mass is 9.76. The normalized spacial score (nSPS) is 20.1. The second kappa shape index (κ2) is 5.82. The van der Waals surface area contributed by atoms with Crippen LogP contribution in [-0.2, 0) is 12.8 Å². The molecule has 1 aliphatic rings. The van der Waals surface area contributed by atoms with E-state index in [0.29, 0.717) is 0 Å². The Hall–Kier alpha value is -0.930. The molecule has 2 aromatic rings. The van der Waals surface area contributed by atoms with Crippen molar-refractivity contribution in [2.75, 3.05) is 12.8 Å². The van der Waals surface area contributed by atoms with Crippen LogP contribution < -0.4 is 5.73 Å². The Morgan fingerprint density at radius 1 is 1.45 bits per heavy atom. The number of aryl methyl sites for hydroxylation is 1. The van der Waals surface area contributed by atoms with E-state index in [1.807, 2.05) is 11.8 Å². The van der Waals surface area contributed by atoms with E-state index in [1.54, 1.807) is 11.1 Å². The monoisotopic (exact) mass is 288 g/mol. The number of hydrogen-bond acceptors (Lipinski definition) is 2. The van der Waals surface area contributed by atoms with E-state index in [1.165, 1.54) is 35.1 Å². The topological polar surface area (TPSA) is 41.8 Å². The summed E-state index contributed by atoms with van der Waals surface area (Å²) in [7, 11) is 0.